The average Bonchev–Trinajstić information content (AvgIpc) is 3.92. The summed E-state index contributed by atoms with van der Waals surface area (Å²) in [6, 6.07) is 64.6. The van der Waals surface area contributed by atoms with E-state index in [0.29, 0.717) is 0 Å². The molecular weight excluding hydrogens is 781 g/mol. The van der Waals surface area contributed by atoms with Gasteiger partial charge in [0.2, 0.25) is 0 Å². The molecule has 63 heavy (non-hydrogen) atoms. The van der Waals surface area contributed by atoms with Crippen LogP contribution in [0.25, 0.3) is 86.6 Å². The third kappa shape index (κ3) is 5.05. The lowest BCUT2D eigenvalue weighted by atomic mass is 9.68. The van der Waals surface area contributed by atoms with Gasteiger partial charge in [0, 0.05) is 31.1 Å². The van der Waals surface area contributed by atoms with Crippen LogP contribution in [0.1, 0.15) is 74.9 Å². The van der Waals surface area contributed by atoms with Gasteiger partial charge in [-0.3, -0.25) is 0 Å². The summed E-state index contributed by atoms with van der Waals surface area (Å²) < 4.78 is 9.47. The maximum Gasteiger partial charge on any atom is 0.135 e. The molecule has 0 fully saturated rings. The van der Waals surface area contributed by atoms with E-state index in [1.807, 2.05) is 11.3 Å². The molecule has 13 rings (SSSR count). The molecular formula is C61H46OS. The molecule has 1 aliphatic heterocycles. The first kappa shape index (κ1) is 36.9. The molecule has 302 valence electrons. The van der Waals surface area contributed by atoms with Crippen molar-refractivity contribution < 1.29 is 4.74 Å². The molecule has 1 aromatic heterocycles. The van der Waals surface area contributed by atoms with Crippen molar-refractivity contribution in [2.45, 2.75) is 57.8 Å². The highest BCUT2D eigenvalue weighted by Gasteiger charge is 2.52. The third-order valence-electron chi connectivity index (χ3n) is 14.4. The summed E-state index contributed by atoms with van der Waals surface area (Å²) in [6.45, 7) is 14.0. The molecule has 0 atom stereocenters. The Labute approximate surface area is 373 Å². The Morgan fingerprint density at radius 3 is 1.75 bits per heavy atom. The molecule has 0 N–H and O–H groups in total. The van der Waals surface area contributed by atoms with Gasteiger partial charge in [-0.15, -0.1) is 11.3 Å². The summed E-state index contributed by atoms with van der Waals surface area (Å²) >= 11 is 1.86. The van der Waals surface area contributed by atoms with Gasteiger partial charge in [0.25, 0.3) is 0 Å². The largest absolute Gasteiger partial charge is 0.456 e. The highest BCUT2D eigenvalue weighted by atomic mass is 32.1. The first-order chi connectivity index (χ1) is 30.5. The van der Waals surface area contributed by atoms with Gasteiger partial charge < -0.3 is 4.74 Å². The molecule has 2 heteroatoms. The van der Waals surface area contributed by atoms with Crippen molar-refractivity contribution in [1.29, 1.82) is 0 Å². The van der Waals surface area contributed by atoms with E-state index >= 15 is 0 Å². The van der Waals surface area contributed by atoms with E-state index in [4.69, 9.17) is 4.74 Å². The van der Waals surface area contributed by atoms with E-state index in [1.54, 1.807) is 0 Å². The highest BCUT2D eigenvalue weighted by molar-refractivity contribution is 7.25. The highest BCUT2D eigenvalue weighted by Crippen LogP contribution is 2.65. The molecule has 0 radical (unpaired) electrons. The predicted octanol–water partition coefficient (Wildman–Crippen LogP) is 17.3. The average molecular weight is 827 g/mol. The van der Waals surface area contributed by atoms with Gasteiger partial charge in [-0.05, 0) is 136 Å². The normalized spacial score (nSPS) is 14.1. The van der Waals surface area contributed by atoms with Crippen LogP contribution in [-0.2, 0) is 16.2 Å². The lowest BCUT2D eigenvalue weighted by molar-refractivity contribution is 0.487. The smallest absolute Gasteiger partial charge is 0.135 e. The van der Waals surface area contributed by atoms with Crippen LogP contribution in [0.4, 0.5) is 0 Å². The van der Waals surface area contributed by atoms with Crippen molar-refractivity contribution in [3.63, 3.8) is 0 Å². The maximum atomic E-state index is 6.83. The van der Waals surface area contributed by atoms with E-state index in [9.17, 15) is 0 Å². The van der Waals surface area contributed by atoms with Crippen molar-refractivity contribution in [3.8, 4) is 67.1 Å². The second-order valence-electron chi connectivity index (χ2n) is 20.0. The zero-order chi connectivity index (χ0) is 42.6. The lowest BCUT2D eigenvalue weighted by Crippen LogP contribution is -2.27. The molecule has 2 aliphatic carbocycles. The molecule has 0 saturated heterocycles. The van der Waals surface area contributed by atoms with Gasteiger partial charge in [-0.25, -0.2) is 0 Å². The van der Waals surface area contributed by atoms with Crippen molar-refractivity contribution in [3.05, 3.63) is 203 Å². The third-order valence-corrected chi connectivity index (χ3v) is 15.6. The minimum absolute atomic E-state index is 0.00427. The Balaban J connectivity index is 1.01. The predicted molar refractivity (Wildman–Crippen MR) is 267 cm³/mol. The number of benzene rings is 9. The first-order valence-corrected chi connectivity index (χ1v) is 23.1. The number of thiophene rings is 1. The van der Waals surface area contributed by atoms with Crippen LogP contribution >= 0.6 is 11.3 Å². The fraction of sp³-hybridized carbons (Fsp3) is 0.148. The van der Waals surface area contributed by atoms with Crippen molar-refractivity contribution in [1.82, 2.24) is 0 Å². The van der Waals surface area contributed by atoms with E-state index in [2.05, 4.69) is 211 Å². The Bertz CT molecular complexity index is 3560. The molecule has 10 aromatic rings. The molecule has 2 heterocycles. The maximum absolute atomic E-state index is 6.83. The van der Waals surface area contributed by atoms with E-state index in [1.165, 1.54) is 114 Å². The summed E-state index contributed by atoms with van der Waals surface area (Å²) in [5.74, 6) is 1.80. The zero-order valence-electron chi connectivity index (χ0n) is 36.5. The summed E-state index contributed by atoms with van der Waals surface area (Å²) in [6.07, 6.45) is 0. The van der Waals surface area contributed by atoms with Crippen LogP contribution in [0.15, 0.2) is 170 Å². The topological polar surface area (TPSA) is 9.23 Å². The van der Waals surface area contributed by atoms with Gasteiger partial charge in [0.1, 0.15) is 11.5 Å². The van der Waals surface area contributed by atoms with Crippen LogP contribution in [0.2, 0.25) is 0 Å². The number of rotatable bonds is 2. The van der Waals surface area contributed by atoms with Gasteiger partial charge in [-0.2, -0.15) is 0 Å². The summed E-state index contributed by atoms with van der Waals surface area (Å²) in [5, 5.41) is 5.01. The molecule has 1 nitrogen and oxygen atoms in total. The molecule has 9 aromatic carbocycles. The zero-order valence-corrected chi connectivity index (χ0v) is 37.3. The molecule has 1 spiro atoms. The summed E-state index contributed by atoms with van der Waals surface area (Å²) in [7, 11) is 0. The fourth-order valence-electron chi connectivity index (χ4n) is 11.4. The van der Waals surface area contributed by atoms with Gasteiger partial charge >= 0.3 is 0 Å². The van der Waals surface area contributed by atoms with Crippen LogP contribution in [0.3, 0.4) is 0 Å². The summed E-state index contributed by atoms with van der Waals surface area (Å²) in [4.78, 5) is 0. The SMILES string of the molecule is CC(C)(C)c1ccc2c(c1)C1(c3cc(C(C)(C)C)ccc3-2)c2ccccc2-c2c(-c3ccc4c(c3)-c3cccc5c(-c6ccc7sc8ccccc8c7c6)ccc(c35)O4)cccc21. The Morgan fingerprint density at radius 1 is 0.381 bits per heavy atom. The van der Waals surface area contributed by atoms with Gasteiger partial charge in [0.05, 0.1) is 5.41 Å². The first-order valence-electron chi connectivity index (χ1n) is 22.3. The van der Waals surface area contributed by atoms with Crippen molar-refractivity contribution in [2.24, 2.45) is 0 Å². The van der Waals surface area contributed by atoms with Crippen LogP contribution in [-0.4, -0.2) is 0 Å². The fourth-order valence-corrected chi connectivity index (χ4v) is 12.4. The van der Waals surface area contributed by atoms with Crippen molar-refractivity contribution >= 4 is 42.3 Å². The van der Waals surface area contributed by atoms with E-state index < -0.39 is 5.41 Å². The van der Waals surface area contributed by atoms with E-state index in [0.717, 1.165) is 17.1 Å². The molecule has 0 saturated carbocycles. The second-order valence-corrected chi connectivity index (χ2v) is 21.1. The summed E-state index contributed by atoms with van der Waals surface area (Å²) in [5.41, 5.74) is 20.3. The monoisotopic (exact) mass is 826 g/mol. The Morgan fingerprint density at radius 2 is 0.968 bits per heavy atom. The van der Waals surface area contributed by atoms with Gasteiger partial charge in [-0.1, -0.05) is 175 Å². The number of fused-ring (bicyclic) bond motifs is 15. The van der Waals surface area contributed by atoms with Crippen LogP contribution in [0, 0.1) is 0 Å². The number of hydrogen-bond acceptors (Lipinski definition) is 2. The van der Waals surface area contributed by atoms with E-state index in [-0.39, 0.29) is 10.8 Å². The molecule has 0 amide bonds. The van der Waals surface area contributed by atoms with Crippen LogP contribution < -0.4 is 4.74 Å². The van der Waals surface area contributed by atoms with Gasteiger partial charge in [0.15, 0.2) is 0 Å². The van der Waals surface area contributed by atoms with Crippen LogP contribution in [0.5, 0.6) is 11.5 Å². The molecule has 3 aliphatic rings. The second kappa shape index (κ2) is 12.7. The standard InChI is InChI=1S/C61H46OS/c1-59(2,3)37-23-25-41-42-26-24-38(60(4,5)6)34-52(42)61(51(41)33-37)49-18-9-7-14-46(49)57-40(15-12-19-50(57)61)36-21-28-53-47(31-36)45-17-11-16-44-39(27-29-54(62-53)58(44)45)35-22-30-56-48(32-35)43-13-8-10-20-55(43)63-56/h7-34H,1-6H3. The minimum atomic E-state index is -0.453. The Hall–Kier alpha value is -6.74. The molecule has 0 bridgehead atoms. The van der Waals surface area contributed by atoms with Crippen molar-refractivity contribution in [2.75, 3.05) is 0 Å². The Kier molecular flexibility index (Phi) is 7.42. The quantitative estimate of drug-likeness (QED) is 0.169. The lowest BCUT2D eigenvalue weighted by Gasteiger charge is -2.33. The minimum Gasteiger partial charge on any atom is -0.456 e. The molecule has 0 unspecified atom stereocenters. The number of ether oxygens (including phenoxy) is 1. The number of hydrogen-bond donors (Lipinski definition) is 0.